The zero-order valence-corrected chi connectivity index (χ0v) is 10.9. The number of nitrogens with two attached hydrogens (primary N) is 1. The highest BCUT2D eigenvalue weighted by atomic mass is 35.5. The topological polar surface area (TPSA) is 81.1 Å². The predicted octanol–water partition coefficient (Wildman–Crippen LogP) is 2.39. The molecule has 100 valence electrons. The average Bonchev–Trinajstić information content (AvgIpc) is 2.89. The Kier molecular flexibility index (Phi) is 4.19. The molecule has 19 heavy (non-hydrogen) atoms. The molecule has 0 spiro atoms. The third-order valence-corrected chi connectivity index (χ3v) is 3.15. The van der Waals surface area contributed by atoms with Gasteiger partial charge < -0.3 is 15.4 Å². The lowest BCUT2D eigenvalue weighted by Crippen LogP contribution is -2.12. The van der Waals surface area contributed by atoms with Crippen LogP contribution in [0.25, 0.3) is 5.69 Å². The summed E-state index contributed by atoms with van der Waals surface area (Å²) in [6, 6.07) is 5.14. The molecule has 1 aromatic carbocycles. The van der Waals surface area contributed by atoms with Crippen LogP contribution in [-0.4, -0.2) is 20.6 Å². The van der Waals surface area contributed by atoms with Gasteiger partial charge in [-0.05, 0) is 24.1 Å². The van der Waals surface area contributed by atoms with Crippen LogP contribution in [0.15, 0.2) is 36.9 Å². The Labute approximate surface area is 115 Å². The first-order valence-electron chi connectivity index (χ1n) is 5.83. The van der Waals surface area contributed by atoms with Crippen LogP contribution in [0, 0.1) is 0 Å². The molecule has 0 fully saturated rings. The van der Waals surface area contributed by atoms with E-state index in [9.17, 15) is 4.79 Å². The van der Waals surface area contributed by atoms with Crippen molar-refractivity contribution < 1.29 is 9.90 Å². The molecule has 3 N–H and O–H groups in total. The summed E-state index contributed by atoms with van der Waals surface area (Å²) < 4.78 is 1.80. The molecule has 0 radical (unpaired) electrons. The standard InChI is InChI=1S/C13H14ClN3O2/c14-10-7-9(11(15)2-4-13(18)19)1-3-12(10)17-6-5-16-8-17/h1,3,5-8,11H,2,4,15H2,(H,18,19). The summed E-state index contributed by atoms with van der Waals surface area (Å²) in [5.74, 6) is -0.850. The predicted molar refractivity (Wildman–Crippen MR) is 72.4 cm³/mol. The molecule has 6 heteroatoms. The summed E-state index contributed by atoms with van der Waals surface area (Å²) in [7, 11) is 0. The minimum atomic E-state index is -0.850. The number of hydrogen-bond acceptors (Lipinski definition) is 3. The van der Waals surface area contributed by atoms with Gasteiger partial charge in [0.15, 0.2) is 0 Å². The first-order valence-corrected chi connectivity index (χ1v) is 6.21. The number of carboxylic acids is 1. The number of carboxylic acid groups (broad SMARTS) is 1. The van der Waals surface area contributed by atoms with Gasteiger partial charge in [0.2, 0.25) is 0 Å². The van der Waals surface area contributed by atoms with Crippen molar-refractivity contribution >= 4 is 17.6 Å². The molecule has 1 heterocycles. The molecule has 5 nitrogen and oxygen atoms in total. The maximum atomic E-state index is 10.5. The van der Waals surface area contributed by atoms with Gasteiger partial charge in [-0.1, -0.05) is 17.7 Å². The van der Waals surface area contributed by atoms with Gasteiger partial charge >= 0.3 is 5.97 Å². The van der Waals surface area contributed by atoms with Crippen LogP contribution in [-0.2, 0) is 4.79 Å². The number of aliphatic carboxylic acids is 1. The van der Waals surface area contributed by atoms with Crippen LogP contribution in [0.1, 0.15) is 24.4 Å². The molecule has 0 saturated heterocycles. The van der Waals surface area contributed by atoms with E-state index in [0.717, 1.165) is 11.3 Å². The highest BCUT2D eigenvalue weighted by Crippen LogP contribution is 2.25. The van der Waals surface area contributed by atoms with E-state index in [-0.39, 0.29) is 12.5 Å². The van der Waals surface area contributed by atoms with Crippen molar-refractivity contribution in [2.45, 2.75) is 18.9 Å². The number of halogens is 1. The third-order valence-electron chi connectivity index (χ3n) is 2.85. The molecule has 1 unspecified atom stereocenters. The van der Waals surface area contributed by atoms with Crippen LogP contribution in [0.3, 0.4) is 0 Å². The van der Waals surface area contributed by atoms with Crippen molar-refractivity contribution in [2.24, 2.45) is 5.73 Å². The molecule has 0 aliphatic heterocycles. The van der Waals surface area contributed by atoms with E-state index in [0.29, 0.717) is 11.4 Å². The second-order valence-electron chi connectivity index (χ2n) is 4.22. The monoisotopic (exact) mass is 279 g/mol. The summed E-state index contributed by atoms with van der Waals surface area (Å²) in [6.45, 7) is 0. The lowest BCUT2D eigenvalue weighted by molar-refractivity contribution is -0.137. The van der Waals surface area contributed by atoms with Crippen molar-refractivity contribution in [3.8, 4) is 5.69 Å². The summed E-state index contributed by atoms with van der Waals surface area (Å²) in [5, 5.41) is 9.20. The number of nitrogens with zero attached hydrogens (tertiary/aromatic N) is 2. The maximum Gasteiger partial charge on any atom is 0.303 e. The first kappa shape index (κ1) is 13.6. The van der Waals surface area contributed by atoms with Crippen LogP contribution >= 0.6 is 11.6 Å². The van der Waals surface area contributed by atoms with E-state index in [4.69, 9.17) is 22.4 Å². The summed E-state index contributed by atoms with van der Waals surface area (Å²) in [4.78, 5) is 14.5. The van der Waals surface area contributed by atoms with Crippen LogP contribution in [0.4, 0.5) is 0 Å². The number of aromatic nitrogens is 2. The molecule has 2 rings (SSSR count). The molecule has 0 saturated carbocycles. The van der Waals surface area contributed by atoms with Crippen molar-refractivity contribution in [3.05, 3.63) is 47.5 Å². The molecule has 0 bridgehead atoms. The van der Waals surface area contributed by atoms with E-state index in [1.165, 1.54) is 0 Å². The highest BCUT2D eigenvalue weighted by Gasteiger charge is 2.11. The van der Waals surface area contributed by atoms with Gasteiger partial charge in [-0.15, -0.1) is 0 Å². The Morgan fingerprint density at radius 3 is 2.89 bits per heavy atom. The molecular weight excluding hydrogens is 266 g/mol. The molecule has 1 aromatic heterocycles. The van der Waals surface area contributed by atoms with Crippen molar-refractivity contribution in [2.75, 3.05) is 0 Å². The van der Waals surface area contributed by atoms with Crippen LogP contribution in [0.5, 0.6) is 0 Å². The molecule has 0 amide bonds. The number of rotatable bonds is 5. The van der Waals surface area contributed by atoms with E-state index in [1.54, 1.807) is 29.4 Å². The molecule has 1 atom stereocenters. The van der Waals surface area contributed by atoms with Gasteiger partial charge in [0, 0.05) is 24.9 Å². The van der Waals surface area contributed by atoms with Gasteiger partial charge in [-0.25, -0.2) is 4.98 Å². The maximum absolute atomic E-state index is 10.5. The Morgan fingerprint density at radius 1 is 1.53 bits per heavy atom. The van der Waals surface area contributed by atoms with Crippen LogP contribution < -0.4 is 5.73 Å². The largest absolute Gasteiger partial charge is 0.481 e. The SMILES string of the molecule is NC(CCC(=O)O)c1ccc(-n2ccnc2)c(Cl)c1. The molecule has 0 aliphatic carbocycles. The van der Waals surface area contributed by atoms with Crippen molar-refractivity contribution in [3.63, 3.8) is 0 Å². The van der Waals surface area contributed by atoms with Gasteiger partial charge in [-0.3, -0.25) is 4.79 Å². The van der Waals surface area contributed by atoms with Crippen LogP contribution in [0.2, 0.25) is 5.02 Å². The average molecular weight is 280 g/mol. The van der Waals surface area contributed by atoms with Gasteiger partial charge in [0.05, 0.1) is 17.0 Å². The smallest absolute Gasteiger partial charge is 0.303 e. The first-order chi connectivity index (χ1) is 9.08. The highest BCUT2D eigenvalue weighted by molar-refractivity contribution is 6.32. The number of benzene rings is 1. The minimum Gasteiger partial charge on any atom is -0.481 e. The Hall–Kier alpha value is -1.85. The Morgan fingerprint density at radius 2 is 2.32 bits per heavy atom. The number of imidazole rings is 1. The fourth-order valence-corrected chi connectivity index (χ4v) is 2.10. The second kappa shape index (κ2) is 5.86. The molecule has 0 aliphatic rings. The fourth-order valence-electron chi connectivity index (χ4n) is 1.81. The van der Waals surface area contributed by atoms with E-state index >= 15 is 0 Å². The fraction of sp³-hybridized carbons (Fsp3) is 0.231. The quantitative estimate of drug-likeness (QED) is 0.880. The number of hydrogen-bond donors (Lipinski definition) is 2. The zero-order valence-electron chi connectivity index (χ0n) is 10.2. The van der Waals surface area contributed by atoms with Gasteiger partial charge in [-0.2, -0.15) is 0 Å². The summed E-state index contributed by atoms with van der Waals surface area (Å²) in [6.07, 6.45) is 5.55. The second-order valence-corrected chi connectivity index (χ2v) is 4.63. The lowest BCUT2D eigenvalue weighted by atomic mass is 10.0. The van der Waals surface area contributed by atoms with E-state index < -0.39 is 5.97 Å². The van der Waals surface area contributed by atoms with E-state index in [2.05, 4.69) is 4.98 Å². The normalized spacial score (nSPS) is 12.3. The minimum absolute atomic E-state index is 0.0437. The van der Waals surface area contributed by atoms with Gasteiger partial charge in [0.1, 0.15) is 0 Å². The zero-order chi connectivity index (χ0) is 13.8. The van der Waals surface area contributed by atoms with Crippen molar-refractivity contribution in [1.29, 1.82) is 0 Å². The van der Waals surface area contributed by atoms with Crippen molar-refractivity contribution in [1.82, 2.24) is 9.55 Å². The lowest BCUT2D eigenvalue weighted by Gasteiger charge is -2.13. The summed E-state index contributed by atoms with van der Waals surface area (Å²) >= 11 is 6.21. The summed E-state index contributed by atoms with van der Waals surface area (Å²) in [5.41, 5.74) is 7.58. The number of carbonyl (C=O) groups is 1. The van der Waals surface area contributed by atoms with E-state index in [1.807, 2.05) is 12.1 Å². The Balaban J connectivity index is 2.17. The Bertz CT molecular complexity index is 569. The van der Waals surface area contributed by atoms with Gasteiger partial charge in [0.25, 0.3) is 0 Å². The molecular formula is C13H14ClN3O2. The molecule has 2 aromatic rings. The third kappa shape index (κ3) is 3.33.